The first-order chi connectivity index (χ1) is 18.5. The molecule has 1 fully saturated rings. The predicted molar refractivity (Wildman–Crippen MR) is 134 cm³/mol. The van der Waals surface area contributed by atoms with Crippen molar-refractivity contribution in [3.8, 4) is 0 Å². The quantitative estimate of drug-likeness (QED) is 0.333. The van der Waals surface area contributed by atoms with Crippen molar-refractivity contribution < 1.29 is 35.9 Å². The number of amides is 2. The number of nitrogens with zero attached hydrogens (tertiary/aromatic N) is 1. The fourth-order valence-corrected chi connectivity index (χ4v) is 5.14. The summed E-state index contributed by atoms with van der Waals surface area (Å²) in [6.45, 7) is 0.174. The molecule has 1 saturated heterocycles. The second kappa shape index (κ2) is 11.7. The Morgan fingerprint density at radius 1 is 0.897 bits per heavy atom. The summed E-state index contributed by atoms with van der Waals surface area (Å²) in [6.07, 6.45) is -10.1. The molecule has 0 spiro atoms. The molecule has 4 nitrogen and oxygen atoms in total. The number of benzene rings is 3. The Hall–Kier alpha value is -3.53. The van der Waals surface area contributed by atoms with Gasteiger partial charge in [-0.1, -0.05) is 60.7 Å². The third kappa shape index (κ3) is 6.92. The smallest absolute Gasteiger partial charge is 0.373 e. The van der Waals surface area contributed by atoms with Gasteiger partial charge in [-0.15, -0.1) is 0 Å². The average Bonchev–Trinajstić information content (AvgIpc) is 2.92. The average molecular weight is 551 g/mol. The van der Waals surface area contributed by atoms with Crippen LogP contribution in [0.15, 0.2) is 78.9 Å². The molecule has 10 heteroatoms. The summed E-state index contributed by atoms with van der Waals surface area (Å²) >= 11 is 0. The Morgan fingerprint density at radius 2 is 1.41 bits per heavy atom. The van der Waals surface area contributed by atoms with Crippen molar-refractivity contribution in [3.63, 3.8) is 0 Å². The minimum absolute atomic E-state index is 0.106. The van der Waals surface area contributed by atoms with Gasteiger partial charge in [-0.3, -0.25) is 0 Å². The maximum atomic E-state index is 13.4. The summed E-state index contributed by atoms with van der Waals surface area (Å²) in [5.41, 5.74) is -1.07. The Kier molecular flexibility index (Phi) is 8.54. The van der Waals surface area contributed by atoms with Crippen LogP contribution < -0.4 is 5.32 Å². The molecule has 39 heavy (non-hydrogen) atoms. The summed E-state index contributed by atoms with van der Waals surface area (Å²) in [4.78, 5) is 14.2. The Balaban J connectivity index is 1.69. The zero-order valence-electron chi connectivity index (χ0n) is 21.1. The zero-order chi connectivity index (χ0) is 28.2. The molecule has 0 radical (unpaired) electrons. The molecular formula is C29H28F6N2O2. The molecule has 1 N–H and O–H groups in total. The van der Waals surface area contributed by atoms with E-state index in [4.69, 9.17) is 4.74 Å². The number of piperidine rings is 1. The molecule has 3 aromatic rings. The summed E-state index contributed by atoms with van der Waals surface area (Å²) in [5, 5.41) is 2.62. The molecule has 0 saturated carbocycles. The van der Waals surface area contributed by atoms with Crippen molar-refractivity contribution in [1.29, 1.82) is 0 Å². The van der Waals surface area contributed by atoms with Crippen LogP contribution in [0, 0.1) is 5.92 Å². The number of carbonyl (C=O) groups is 1. The van der Waals surface area contributed by atoms with Crippen LogP contribution in [0.1, 0.15) is 40.2 Å². The minimum atomic E-state index is -4.94. The van der Waals surface area contributed by atoms with Crippen molar-refractivity contribution >= 4 is 6.03 Å². The Bertz CT molecular complexity index is 1180. The fourth-order valence-electron chi connectivity index (χ4n) is 5.14. The van der Waals surface area contributed by atoms with Crippen LogP contribution >= 0.6 is 0 Å². The van der Waals surface area contributed by atoms with Crippen LogP contribution in [-0.4, -0.2) is 37.2 Å². The van der Waals surface area contributed by atoms with Crippen molar-refractivity contribution in [1.82, 2.24) is 10.2 Å². The lowest BCUT2D eigenvalue weighted by molar-refractivity contribution is -0.143. The summed E-state index contributed by atoms with van der Waals surface area (Å²) < 4.78 is 86.4. The van der Waals surface area contributed by atoms with Crippen LogP contribution in [0.4, 0.5) is 31.1 Å². The molecule has 4 rings (SSSR count). The molecule has 0 aromatic heterocycles. The van der Waals surface area contributed by atoms with Crippen LogP contribution in [0.3, 0.4) is 0 Å². The van der Waals surface area contributed by atoms with Crippen molar-refractivity contribution in [2.75, 3.05) is 20.1 Å². The lowest BCUT2D eigenvalue weighted by atomic mass is 9.75. The number of hydrogen-bond donors (Lipinski definition) is 1. The monoisotopic (exact) mass is 550 g/mol. The van der Waals surface area contributed by atoms with E-state index in [0.29, 0.717) is 25.1 Å². The van der Waals surface area contributed by atoms with Gasteiger partial charge in [0, 0.05) is 32.0 Å². The molecule has 3 aromatic carbocycles. The van der Waals surface area contributed by atoms with Gasteiger partial charge >= 0.3 is 18.4 Å². The maximum absolute atomic E-state index is 13.4. The number of ether oxygens (including phenoxy) is 1. The molecule has 2 unspecified atom stereocenters. The van der Waals surface area contributed by atoms with E-state index in [1.165, 1.54) is 7.05 Å². The van der Waals surface area contributed by atoms with Crippen LogP contribution in [-0.2, 0) is 23.7 Å². The van der Waals surface area contributed by atoms with E-state index >= 15 is 0 Å². The highest BCUT2D eigenvalue weighted by Gasteiger charge is 2.40. The Labute approximate surface area is 222 Å². The highest BCUT2D eigenvalue weighted by atomic mass is 19.4. The zero-order valence-corrected chi connectivity index (χ0v) is 21.1. The second-order valence-corrected chi connectivity index (χ2v) is 9.52. The van der Waals surface area contributed by atoms with Gasteiger partial charge in [0.2, 0.25) is 0 Å². The summed E-state index contributed by atoms with van der Waals surface area (Å²) in [7, 11) is 1.53. The summed E-state index contributed by atoms with van der Waals surface area (Å²) in [6, 6.07) is 20.4. The van der Waals surface area contributed by atoms with E-state index in [1.54, 1.807) is 4.90 Å². The maximum Gasteiger partial charge on any atom is 0.416 e. The standard InChI is InChI=1S/C29H28F6N2O2/c1-36-27(38)37-13-12-25(39-18-19-14-22(28(30,31)32)16-23(15-19)29(33,34)35)24(17-37)26(20-8-4-2-5-9-20)21-10-6-3-7-11-21/h2-11,14-16,24-26H,12-13,17-18H2,1H3,(H,36,38). The number of alkyl halides is 6. The van der Waals surface area contributed by atoms with E-state index in [0.717, 1.165) is 11.1 Å². The molecule has 2 atom stereocenters. The molecule has 0 aliphatic carbocycles. The van der Waals surface area contributed by atoms with Gasteiger partial charge in [0.1, 0.15) is 0 Å². The van der Waals surface area contributed by atoms with Crippen molar-refractivity contribution in [2.45, 2.75) is 37.4 Å². The normalized spacial score (nSPS) is 18.3. The van der Waals surface area contributed by atoms with E-state index in [1.807, 2.05) is 60.7 Å². The van der Waals surface area contributed by atoms with Gasteiger partial charge in [-0.25, -0.2) is 4.79 Å². The van der Waals surface area contributed by atoms with Gasteiger partial charge in [0.15, 0.2) is 0 Å². The van der Waals surface area contributed by atoms with Crippen LogP contribution in [0.25, 0.3) is 0 Å². The van der Waals surface area contributed by atoms with Crippen LogP contribution in [0.2, 0.25) is 0 Å². The van der Waals surface area contributed by atoms with Gasteiger partial charge in [-0.05, 0) is 41.3 Å². The predicted octanol–water partition coefficient (Wildman–Crippen LogP) is 7.10. The lowest BCUT2D eigenvalue weighted by Gasteiger charge is -2.42. The van der Waals surface area contributed by atoms with E-state index < -0.39 is 36.2 Å². The third-order valence-corrected chi connectivity index (χ3v) is 6.95. The van der Waals surface area contributed by atoms with Crippen molar-refractivity contribution in [3.05, 3.63) is 107 Å². The number of urea groups is 1. The van der Waals surface area contributed by atoms with Gasteiger partial charge in [-0.2, -0.15) is 26.3 Å². The molecule has 1 aliphatic heterocycles. The molecule has 1 aliphatic rings. The number of likely N-dealkylation sites (tertiary alicyclic amines) is 1. The fraction of sp³-hybridized carbons (Fsp3) is 0.345. The third-order valence-electron chi connectivity index (χ3n) is 6.95. The van der Waals surface area contributed by atoms with Gasteiger partial charge in [0.25, 0.3) is 0 Å². The largest absolute Gasteiger partial charge is 0.416 e. The highest BCUT2D eigenvalue weighted by molar-refractivity contribution is 5.74. The topological polar surface area (TPSA) is 41.6 Å². The molecular weight excluding hydrogens is 522 g/mol. The molecule has 2 amide bonds. The summed E-state index contributed by atoms with van der Waals surface area (Å²) in [5.74, 6) is -0.564. The number of nitrogens with one attached hydrogen (secondary N) is 1. The van der Waals surface area contributed by atoms with Crippen molar-refractivity contribution in [2.24, 2.45) is 5.92 Å². The molecule has 208 valence electrons. The highest BCUT2D eigenvalue weighted by Crippen LogP contribution is 2.40. The Morgan fingerprint density at radius 3 is 1.87 bits per heavy atom. The van der Waals surface area contributed by atoms with E-state index in [2.05, 4.69) is 5.32 Å². The molecule has 1 heterocycles. The van der Waals surface area contributed by atoms with E-state index in [-0.39, 0.29) is 36.0 Å². The number of carbonyl (C=O) groups excluding carboxylic acids is 1. The first kappa shape index (κ1) is 28.5. The number of rotatable bonds is 6. The number of halogens is 6. The van der Waals surface area contributed by atoms with Crippen LogP contribution in [0.5, 0.6) is 0 Å². The first-order valence-corrected chi connectivity index (χ1v) is 12.4. The molecule has 0 bridgehead atoms. The number of hydrogen-bond acceptors (Lipinski definition) is 2. The first-order valence-electron chi connectivity index (χ1n) is 12.4. The lowest BCUT2D eigenvalue weighted by Crippen LogP contribution is -2.51. The van der Waals surface area contributed by atoms with Gasteiger partial charge in [0.05, 0.1) is 23.8 Å². The minimum Gasteiger partial charge on any atom is -0.373 e. The van der Waals surface area contributed by atoms with Gasteiger partial charge < -0.3 is 15.0 Å². The van der Waals surface area contributed by atoms with E-state index in [9.17, 15) is 31.1 Å². The second-order valence-electron chi connectivity index (χ2n) is 9.52. The SMILES string of the molecule is CNC(=O)N1CCC(OCc2cc(C(F)(F)F)cc(C(F)(F)F)c2)C(C(c2ccccc2)c2ccccc2)C1.